The third kappa shape index (κ3) is 1.09. The number of ether oxygens (including phenoxy) is 1. The van der Waals surface area contributed by atoms with Crippen LogP contribution in [0, 0.1) is 0 Å². The molecule has 0 aromatic heterocycles. The van der Waals surface area contributed by atoms with Gasteiger partial charge in [0.25, 0.3) is 0 Å². The number of hydrogen-bond donors (Lipinski definition) is 1. The summed E-state index contributed by atoms with van der Waals surface area (Å²) in [5.74, 6) is 0.0920. The molecule has 1 N–H and O–H groups in total. The predicted octanol–water partition coefficient (Wildman–Crippen LogP) is 0.573. The highest BCUT2D eigenvalue weighted by Gasteiger charge is 2.30. The van der Waals surface area contributed by atoms with Crippen molar-refractivity contribution >= 4 is 21.7 Å². The third-order valence-corrected chi connectivity index (χ3v) is 2.23. The second kappa shape index (κ2) is 2.72. The minimum absolute atomic E-state index is 0.129. The number of rotatable bonds is 1. The van der Waals surface area contributed by atoms with Gasteiger partial charge in [0.2, 0.25) is 5.78 Å². The summed E-state index contributed by atoms with van der Waals surface area (Å²) in [7, 11) is 1.41. The van der Waals surface area contributed by atoms with Crippen molar-refractivity contribution in [3.63, 3.8) is 0 Å². The Kier molecular flexibility index (Phi) is 2.11. The Labute approximate surface area is 66.8 Å². The number of ketones is 1. The molecule has 0 bridgehead atoms. The van der Waals surface area contributed by atoms with Crippen LogP contribution in [0.1, 0.15) is 6.42 Å². The van der Waals surface area contributed by atoms with Crippen LogP contribution in [-0.4, -0.2) is 24.1 Å². The molecule has 4 heteroatoms. The third-order valence-electron chi connectivity index (χ3n) is 1.35. The van der Waals surface area contributed by atoms with Crippen molar-refractivity contribution in [1.29, 1.82) is 0 Å². The van der Waals surface area contributed by atoms with E-state index >= 15 is 0 Å². The lowest BCUT2D eigenvalue weighted by Crippen LogP contribution is -2.02. The van der Waals surface area contributed by atoms with Gasteiger partial charge in [0.1, 0.15) is 0 Å². The Morgan fingerprint density at radius 2 is 2.40 bits per heavy atom. The molecule has 1 aliphatic rings. The van der Waals surface area contributed by atoms with E-state index in [2.05, 4.69) is 15.9 Å². The molecule has 0 aliphatic heterocycles. The maximum absolute atomic E-state index is 10.9. The van der Waals surface area contributed by atoms with Gasteiger partial charge in [-0.05, 0) is 15.9 Å². The molecular weight excluding hydrogens is 200 g/mol. The lowest BCUT2D eigenvalue weighted by molar-refractivity contribution is -0.118. The highest BCUT2D eigenvalue weighted by molar-refractivity contribution is 9.11. The number of aliphatic hydroxyl groups is 1. The number of methoxy groups -OCH3 is 1. The molecule has 0 amide bonds. The van der Waals surface area contributed by atoms with Gasteiger partial charge in [-0.3, -0.25) is 4.79 Å². The van der Waals surface area contributed by atoms with Gasteiger partial charge >= 0.3 is 0 Å². The largest absolute Gasteiger partial charge is 0.492 e. The first kappa shape index (κ1) is 7.75. The van der Waals surface area contributed by atoms with Crippen molar-refractivity contribution in [2.24, 2.45) is 0 Å². The summed E-state index contributed by atoms with van der Waals surface area (Å²) < 4.78 is 5.19. The fraction of sp³-hybridized carbons (Fsp3) is 0.500. The zero-order valence-electron chi connectivity index (χ0n) is 5.43. The molecule has 0 spiro atoms. The van der Waals surface area contributed by atoms with Crippen molar-refractivity contribution in [3.8, 4) is 0 Å². The van der Waals surface area contributed by atoms with Gasteiger partial charge in [-0.15, -0.1) is 0 Å². The highest BCUT2D eigenvalue weighted by atomic mass is 79.9. The molecule has 3 nitrogen and oxygen atoms in total. The van der Waals surface area contributed by atoms with E-state index in [9.17, 15) is 4.79 Å². The minimum Gasteiger partial charge on any atom is -0.492 e. The number of allylic oxidation sites excluding steroid dienone is 1. The average Bonchev–Trinajstić information content (AvgIpc) is 2.09. The molecule has 0 fully saturated rings. The molecule has 0 radical (unpaired) electrons. The van der Waals surface area contributed by atoms with Gasteiger partial charge in [0, 0.05) is 6.42 Å². The summed E-state index contributed by atoms with van der Waals surface area (Å²) in [4.78, 5) is 10.9. The maximum Gasteiger partial charge on any atom is 0.201 e. The van der Waals surface area contributed by atoms with Crippen molar-refractivity contribution in [3.05, 3.63) is 10.2 Å². The first-order chi connectivity index (χ1) is 4.66. The number of hydrogen-bond acceptors (Lipinski definition) is 3. The van der Waals surface area contributed by atoms with Gasteiger partial charge in [0.05, 0.1) is 17.7 Å². The van der Waals surface area contributed by atoms with E-state index in [1.54, 1.807) is 0 Å². The van der Waals surface area contributed by atoms with E-state index in [0.717, 1.165) is 0 Å². The number of aliphatic hydroxyl groups excluding tert-OH is 1. The summed E-state index contributed by atoms with van der Waals surface area (Å²) in [6, 6.07) is 0. The van der Waals surface area contributed by atoms with E-state index in [4.69, 9.17) is 9.84 Å². The molecule has 0 heterocycles. The molecular formula is C6H7BrO3. The molecule has 0 saturated heterocycles. The Hall–Kier alpha value is -0.350. The quantitative estimate of drug-likeness (QED) is 0.683. The number of carbonyl (C=O) groups is 1. The van der Waals surface area contributed by atoms with E-state index in [1.807, 2.05) is 0 Å². The van der Waals surface area contributed by atoms with Gasteiger partial charge in [0.15, 0.2) is 5.76 Å². The first-order valence-electron chi connectivity index (χ1n) is 2.81. The second-order valence-electron chi connectivity index (χ2n) is 2.02. The first-order valence-corrected chi connectivity index (χ1v) is 3.61. The molecule has 56 valence electrons. The second-order valence-corrected chi connectivity index (χ2v) is 2.88. The van der Waals surface area contributed by atoms with Crippen LogP contribution in [0.3, 0.4) is 0 Å². The van der Waals surface area contributed by atoms with Crippen LogP contribution in [0.25, 0.3) is 0 Å². The van der Waals surface area contributed by atoms with Crippen LogP contribution in [0.5, 0.6) is 0 Å². The Bertz CT molecular complexity index is 197. The molecule has 1 aliphatic carbocycles. The SMILES string of the molecule is COC1=C(Br)C(O)CC1=O. The fourth-order valence-corrected chi connectivity index (χ4v) is 1.40. The summed E-state index contributed by atoms with van der Waals surface area (Å²) in [6.45, 7) is 0. The Balaban J connectivity index is 2.90. The van der Waals surface area contributed by atoms with E-state index in [1.165, 1.54) is 7.11 Å². The van der Waals surface area contributed by atoms with Gasteiger partial charge < -0.3 is 9.84 Å². The Morgan fingerprint density at radius 3 is 2.60 bits per heavy atom. The van der Waals surface area contributed by atoms with Crippen molar-refractivity contribution in [2.45, 2.75) is 12.5 Å². The van der Waals surface area contributed by atoms with Crippen LogP contribution >= 0.6 is 15.9 Å². The lowest BCUT2D eigenvalue weighted by Gasteiger charge is -1.97. The zero-order valence-corrected chi connectivity index (χ0v) is 7.01. The molecule has 10 heavy (non-hydrogen) atoms. The van der Waals surface area contributed by atoms with E-state index < -0.39 is 6.10 Å². The monoisotopic (exact) mass is 206 g/mol. The van der Waals surface area contributed by atoms with Gasteiger partial charge in [-0.25, -0.2) is 0 Å². The van der Waals surface area contributed by atoms with Crippen LogP contribution in [0.2, 0.25) is 0 Å². The van der Waals surface area contributed by atoms with Crippen LogP contribution < -0.4 is 0 Å². The molecule has 1 rings (SSSR count). The molecule has 0 aromatic carbocycles. The Morgan fingerprint density at radius 1 is 1.80 bits per heavy atom. The van der Waals surface area contributed by atoms with Crippen LogP contribution in [-0.2, 0) is 9.53 Å². The lowest BCUT2D eigenvalue weighted by atomic mass is 10.3. The van der Waals surface area contributed by atoms with Crippen molar-refractivity contribution < 1.29 is 14.6 Å². The zero-order chi connectivity index (χ0) is 7.72. The number of Topliss-reactive ketones (excluding diaryl/α,β-unsaturated/α-hetero) is 1. The molecule has 0 aromatic rings. The van der Waals surface area contributed by atoms with E-state index in [0.29, 0.717) is 4.48 Å². The number of halogens is 1. The highest BCUT2D eigenvalue weighted by Crippen LogP contribution is 2.28. The smallest absolute Gasteiger partial charge is 0.201 e. The van der Waals surface area contributed by atoms with Crippen LogP contribution in [0.4, 0.5) is 0 Å². The van der Waals surface area contributed by atoms with Crippen LogP contribution in [0.15, 0.2) is 10.2 Å². The molecule has 0 saturated carbocycles. The topological polar surface area (TPSA) is 46.5 Å². The average molecular weight is 207 g/mol. The number of carbonyl (C=O) groups excluding carboxylic acids is 1. The standard InChI is InChI=1S/C6H7BrO3/c1-10-6-4(9)2-3(8)5(6)7/h3,8H,2H2,1H3. The molecule has 1 unspecified atom stereocenters. The molecule has 1 atom stereocenters. The fourth-order valence-electron chi connectivity index (χ4n) is 0.854. The predicted molar refractivity (Wildman–Crippen MR) is 38.6 cm³/mol. The summed E-state index contributed by atoms with van der Waals surface area (Å²) in [5, 5.41) is 9.06. The van der Waals surface area contributed by atoms with Gasteiger partial charge in [-0.1, -0.05) is 0 Å². The summed E-state index contributed by atoms with van der Waals surface area (Å²) in [5.41, 5.74) is 0. The minimum atomic E-state index is -0.706. The summed E-state index contributed by atoms with van der Waals surface area (Å²) >= 11 is 3.05. The van der Waals surface area contributed by atoms with Gasteiger partial charge in [-0.2, -0.15) is 0 Å². The normalized spacial score (nSPS) is 25.9. The van der Waals surface area contributed by atoms with Crippen molar-refractivity contribution in [1.82, 2.24) is 0 Å². The van der Waals surface area contributed by atoms with E-state index in [-0.39, 0.29) is 18.0 Å². The van der Waals surface area contributed by atoms with Crippen molar-refractivity contribution in [2.75, 3.05) is 7.11 Å². The maximum atomic E-state index is 10.9. The summed E-state index contributed by atoms with van der Waals surface area (Å²) in [6.07, 6.45) is -0.577.